The second-order valence-corrected chi connectivity index (χ2v) is 6.31. The van der Waals surface area contributed by atoms with E-state index in [2.05, 4.69) is 9.46 Å². The standard InChI is InChI=1S/C13H19NO5S/c1-5-19-10-6-8-11(9-7-10)20(16,17)14-13(2,3)12(15)18-4/h6-9,14H,5H2,1-4H3. The third-order valence-corrected chi connectivity index (χ3v) is 4.20. The van der Waals surface area contributed by atoms with Crippen molar-refractivity contribution in [1.82, 2.24) is 4.72 Å². The second kappa shape index (κ2) is 6.23. The first-order chi connectivity index (χ1) is 9.23. The van der Waals surface area contributed by atoms with Crippen LogP contribution in [0.5, 0.6) is 5.75 Å². The van der Waals surface area contributed by atoms with E-state index in [0.717, 1.165) is 0 Å². The van der Waals surface area contributed by atoms with Crippen molar-refractivity contribution in [2.75, 3.05) is 13.7 Å². The maximum atomic E-state index is 12.2. The molecule has 7 heteroatoms. The van der Waals surface area contributed by atoms with E-state index in [4.69, 9.17) is 4.74 Å². The number of hydrogen-bond donors (Lipinski definition) is 1. The van der Waals surface area contributed by atoms with Gasteiger partial charge >= 0.3 is 5.97 Å². The molecule has 1 aromatic carbocycles. The highest BCUT2D eigenvalue weighted by Crippen LogP contribution is 2.18. The molecule has 112 valence electrons. The van der Waals surface area contributed by atoms with Crippen LogP contribution in [0.3, 0.4) is 0 Å². The largest absolute Gasteiger partial charge is 0.494 e. The monoisotopic (exact) mass is 301 g/mol. The van der Waals surface area contributed by atoms with Gasteiger partial charge in [0.1, 0.15) is 11.3 Å². The maximum absolute atomic E-state index is 12.2. The van der Waals surface area contributed by atoms with Crippen molar-refractivity contribution in [3.8, 4) is 5.75 Å². The van der Waals surface area contributed by atoms with E-state index in [-0.39, 0.29) is 4.90 Å². The third kappa shape index (κ3) is 3.94. The van der Waals surface area contributed by atoms with Crippen LogP contribution in [0, 0.1) is 0 Å². The van der Waals surface area contributed by atoms with Gasteiger partial charge in [-0.2, -0.15) is 4.72 Å². The molecule has 0 saturated carbocycles. The lowest BCUT2D eigenvalue weighted by Gasteiger charge is -2.22. The highest BCUT2D eigenvalue weighted by molar-refractivity contribution is 7.89. The highest BCUT2D eigenvalue weighted by atomic mass is 32.2. The second-order valence-electron chi connectivity index (χ2n) is 4.63. The molecule has 0 spiro atoms. The Morgan fingerprint density at radius 2 is 1.80 bits per heavy atom. The first-order valence-corrected chi connectivity index (χ1v) is 7.56. The molecule has 0 bridgehead atoms. The van der Waals surface area contributed by atoms with Crippen molar-refractivity contribution >= 4 is 16.0 Å². The number of esters is 1. The van der Waals surface area contributed by atoms with Crippen LogP contribution in [0.25, 0.3) is 0 Å². The molecule has 0 amide bonds. The Labute approximate surface area is 119 Å². The first-order valence-electron chi connectivity index (χ1n) is 6.08. The van der Waals surface area contributed by atoms with Crippen molar-refractivity contribution in [3.63, 3.8) is 0 Å². The first kappa shape index (κ1) is 16.5. The summed E-state index contributed by atoms with van der Waals surface area (Å²) < 4.78 is 36.5. The third-order valence-electron chi connectivity index (χ3n) is 2.53. The number of ether oxygens (including phenoxy) is 2. The lowest BCUT2D eigenvalue weighted by molar-refractivity contribution is -0.146. The summed E-state index contributed by atoms with van der Waals surface area (Å²) in [6.07, 6.45) is 0. The molecule has 0 fully saturated rings. The number of benzene rings is 1. The van der Waals surface area contributed by atoms with Gasteiger partial charge in [0.25, 0.3) is 0 Å². The van der Waals surface area contributed by atoms with E-state index in [1.54, 1.807) is 12.1 Å². The molecule has 0 aliphatic carbocycles. The Morgan fingerprint density at radius 1 is 1.25 bits per heavy atom. The molecule has 20 heavy (non-hydrogen) atoms. The number of sulfonamides is 1. The Kier molecular flexibility index (Phi) is 5.13. The topological polar surface area (TPSA) is 81.7 Å². The number of hydrogen-bond acceptors (Lipinski definition) is 5. The SMILES string of the molecule is CCOc1ccc(S(=O)(=O)NC(C)(C)C(=O)OC)cc1. The predicted molar refractivity (Wildman–Crippen MR) is 74.0 cm³/mol. The van der Waals surface area contributed by atoms with E-state index in [1.807, 2.05) is 6.92 Å². The van der Waals surface area contributed by atoms with Gasteiger partial charge in [-0.05, 0) is 45.0 Å². The number of methoxy groups -OCH3 is 1. The van der Waals surface area contributed by atoms with E-state index in [1.165, 1.54) is 33.1 Å². The Morgan fingerprint density at radius 3 is 2.25 bits per heavy atom. The summed E-state index contributed by atoms with van der Waals surface area (Å²) >= 11 is 0. The summed E-state index contributed by atoms with van der Waals surface area (Å²) in [5, 5.41) is 0. The van der Waals surface area contributed by atoms with Gasteiger partial charge in [-0.25, -0.2) is 8.42 Å². The highest BCUT2D eigenvalue weighted by Gasteiger charge is 2.34. The zero-order chi connectivity index (χ0) is 15.4. The van der Waals surface area contributed by atoms with E-state index in [0.29, 0.717) is 12.4 Å². The fraction of sp³-hybridized carbons (Fsp3) is 0.462. The van der Waals surface area contributed by atoms with E-state index in [9.17, 15) is 13.2 Å². The Hall–Kier alpha value is -1.60. The van der Waals surface area contributed by atoms with E-state index >= 15 is 0 Å². The van der Waals surface area contributed by atoms with Gasteiger partial charge in [0.15, 0.2) is 0 Å². The lowest BCUT2D eigenvalue weighted by atomic mass is 10.1. The van der Waals surface area contributed by atoms with Crippen molar-refractivity contribution in [1.29, 1.82) is 0 Å². The van der Waals surface area contributed by atoms with Crippen LogP contribution in [-0.2, 0) is 19.6 Å². The Balaban J connectivity index is 2.96. The van der Waals surface area contributed by atoms with Crippen LogP contribution >= 0.6 is 0 Å². The Bertz CT molecular complexity index is 563. The molecule has 1 aromatic rings. The van der Waals surface area contributed by atoms with Crippen molar-refractivity contribution in [2.45, 2.75) is 31.2 Å². The minimum atomic E-state index is -3.81. The van der Waals surface area contributed by atoms with Crippen LogP contribution in [0.1, 0.15) is 20.8 Å². The molecule has 0 aliphatic rings. The van der Waals surface area contributed by atoms with Gasteiger partial charge in [-0.3, -0.25) is 4.79 Å². The molecule has 0 atom stereocenters. The average Bonchev–Trinajstić information content (AvgIpc) is 2.37. The number of carbonyl (C=O) groups is 1. The zero-order valence-corrected chi connectivity index (χ0v) is 12.8. The van der Waals surface area contributed by atoms with Crippen LogP contribution in [0.15, 0.2) is 29.2 Å². The summed E-state index contributed by atoms with van der Waals surface area (Å²) in [7, 11) is -2.61. The molecular weight excluding hydrogens is 282 g/mol. The van der Waals surface area contributed by atoms with Gasteiger partial charge in [0, 0.05) is 0 Å². The minimum Gasteiger partial charge on any atom is -0.494 e. The van der Waals surface area contributed by atoms with Crippen LogP contribution in [0.2, 0.25) is 0 Å². The molecule has 1 N–H and O–H groups in total. The van der Waals surface area contributed by atoms with Crippen LogP contribution in [-0.4, -0.2) is 33.6 Å². The summed E-state index contributed by atoms with van der Waals surface area (Å²) in [4.78, 5) is 11.6. The fourth-order valence-electron chi connectivity index (χ4n) is 1.57. The molecule has 0 unspecified atom stereocenters. The number of rotatable bonds is 6. The predicted octanol–water partition coefficient (Wildman–Crippen LogP) is 1.32. The molecular formula is C13H19NO5S. The summed E-state index contributed by atoms with van der Waals surface area (Å²) in [6.45, 7) is 5.21. The van der Waals surface area contributed by atoms with Crippen molar-refractivity contribution in [3.05, 3.63) is 24.3 Å². The molecule has 0 radical (unpaired) electrons. The maximum Gasteiger partial charge on any atom is 0.326 e. The summed E-state index contributed by atoms with van der Waals surface area (Å²) in [6, 6.07) is 5.95. The van der Waals surface area contributed by atoms with Crippen LogP contribution in [0.4, 0.5) is 0 Å². The van der Waals surface area contributed by atoms with Gasteiger partial charge in [0.05, 0.1) is 18.6 Å². The van der Waals surface area contributed by atoms with Gasteiger partial charge in [-0.15, -0.1) is 0 Å². The number of nitrogens with one attached hydrogen (secondary N) is 1. The summed E-state index contributed by atoms with van der Waals surface area (Å²) in [5.41, 5.74) is -1.34. The van der Waals surface area contributed by atoms with Crippen molar-refractivity contribution in [2.24, 2.45) is 0 Å². The zero-order valence-electron chi connectivity index (χ0n) is 12.0. The fourth-order valence-corrected chi connectivity index (χ4v) is 2.94. The normalized spacial score (nSPS) is 12.0. The van der Waals surface area contributed by atoms with Crippen LogP contribution < -0.4 is 9.46 Å². The molecule has 0 aromatic heterocycles. The molecule has 1 rings (SSSR count). The quantitative estimate of drug-likeness (QED) is 0.801. The van der Waals surface area contributed by atoms with Gasteiger partial charge in [-0.1, -0.05) is 0 Å². The number of carbonyl (C=O) groups excluding carboxylic acids is 1. The molecule has 0 saturated heterocycles. The van der Waals surface area contributed by atoms with Gasteiger partial charge in [0.2, 0.25) is 10.0 Å². The average molecular weight is 301 g/mol. The minimum absolute atomic E-state index is 0.0536. The van der Waals surface area contributed by atoms with Crippen molar-refractivity contribution < 1.29 is 22.7 Å². The molecule has 6 nitrogen and oxygen atoms in total. The summed E-state index contributed by atoms with van der Waals surface area (Å²) in [5.74, 6) is -0.0781. The smallest absolute Gasteiger partial charge is 0.326 e. The van der Waals surface area contributed by atoms with Gasteiger partial charge < -0.3 is 9.47 Å². The lowest BCUT2D eigenvalue weighted by Crippen LogP contribution is -2.50. The molecule has 0 heterocycles. The molecule has 0 aliphatic heterocycles. The van der Waals surface area contributed by atoms with E-state index < -0.39 is 21.5 Å².